The lowest BCUT2D eigenvalue weighted by atomic mass is 10.0. The van der Waals surface area contributed by atoms with Crippen molar-refractivity contribution in [3.8, 4) is 5.75 Å². The van der Waals surface area contributed by atoms with E-state index in [1.807, 2.05) is 42.5 Å². The van der Waals surface area contributed by atoms with Crippen LogP contribution >= 0.6 is 27.5 Å². The zero-order valence-electron chi connectivity index (χ0n) is 9.85. The van der Waals surface area contributed by atoms with Crippen LogP contribution in [-0.2, 0) is 0 Å². The molecule has 1 nitrogen and oxygen atoms in total. The number of alkyl halides is 1. The molecule has 18 heavy (non-hydrogen) atoms. The molecule has 0 amide bonds. The average Bonchev–Trinajstić information content (AvgIpc) is 2.43. The van der Waals surface area contributed by atoms with Gasteiger partial charge in [0.2, 0.25) is 0 Å². The minimum Gasteiger partial charge on any atom is -0.493 e. The van der Waals surface area contributed by atoms with Crippen molar-refractivity contribution in [3.05, 3.63) is 65.2 Å². The molecule has 0 N–H and O–H groups in total. The molecular weight excluding hydrogens is 312 g/mol. The van der Waals surface area contributed by atoms with Crippen LogP contribution in [0.15, 0.2) is 54.6 Å². The normalized spacial score (nSPS) is 12.1. The Kier molecular flexibility index (Phi) is 5.09. The molecule has 1 atom stereocenters. The Hall–Kier alpha value is -0.990. The lowest BCUT2D eigenvalue weighted by molar-refractivity contribution is 0.298. The standard InChI is InChI=1S/C15H14BrClO/c16-10-13(12-4-2-1-3-5-12)11-18-15-8-6-14(17)7-9-15/h1-9,13H,10-11H2. The first-order valence-electron chi connectivity index (χ1n) is 5.79. The van der Waals surface area contributed by atoms with Crippen LogP contribution in [0.2, 0.25) is 5.02 Å². The molecule has 94 valence electrons. The highest BCUT2D eigenvalue weighted by Gasteiger charge is 2.10. The summed E-state index contributed by atoms with van der Waals surface area (Å²) in [5, 5.41) is 1.60. The Morgan fingerprint density at radius 2 is 1.67 bits per heavy atom. The maximum atomic E-state index is 5.83. The summed E-state index contributed by atoms with van der Waals surface area (Å²) in [6, 6.07) is 17.8. The molecule has 0 aliphatic rings. The zero-order valence-corrected chi connectivity index (χ0v) is 12.2. The summed E-state index contributed by atoms with van der Waals surface area (Å²) in [4.78, 5) is 0. The van der Waals surface area contributed by atoms with Crippen LogP contribution in [0.3, 0.4) is 0 Å². The predicted molar refractivity (Wildman–Crippen MR) is 79.9 cm³/mol. The second-order valence-electron chi connectivity index (χ2n) is 4.03. The van der Waals surface area contributed by atoms with Gasteiger partial charge in [-0.1, -0.05) is 57.9 Å². The summed E-state index contributed by atoms with van der Waals surface area (Å²) in [7, 11) is 0. The van der Waals surface area contributed by atoms with E-state index in [0.717, 1.165) is 16.1 Å². The molecule has 0 bridgehead atoms. The molecule has 0 spiro atoms. The molecule has 3 heteroatoms. The summed E-state index contributed by atoms with van der Waals surface area (Å²) in [6.07, 6.45) is 0. The number of hydrogen-bond donors (Lipinski definition) is 0. The molecule has 2 rings (SSSR count). The first kappa shape index (κ1) is 13.4. The highest BCUT2D eigenvalue weighted by Crippen LogP contribution is 2.21. The Bertz CT molecular complexity index is 470. The fourth-order valence-electron chi connectivity index (χ4n) is 1.68. The summed E-state index contributed by atoms with van der Waals surface area (Å²) < 4.78 is 5.78. The van der Waals surface area contributed by atoms with Crippen LogP contribution in [0.4, 0.5) is 0 Å². The fourth-order valence-corrected chi connectivity index (χ4v) is 2.37. The summed E-state index contributed by atoms with van der Waals surface area (Å²) >= 11 is 9.37. The third-order valence-electron chi connectivity index (χ3n) is 2.72. The minimum absolute atomic E-state index is 0.349. The maximum absolute atomic E-state index is 5.83. The van der Waals surface area contributed by atoms with Gasteiger partial charge in [0.1, 0.15) is 5.75 Å². The van der Waals surface area contributed by atoms with Gasteiger partial charge in [0, 0.05) is 16.3 Å². The SMILES string of the molecule is Clc1ccc(OCC(CBr)c2ccccc2)cc1. The maximum Gasteiger partial charge on any atom is 0.119 e. The molecule has 0 saturated heterocycles. The molecule has 2 aromatic carbocycles. The van der Waals surface area contributed by atoms with E-state index < -0.39 is 0 Å². The van der Waals surface area contributed by atoms with Gasteiger partial charge in [0.05, 0.1) is 6.61 Å². The Labute approximate surface area is 121 Å². The molecule has 0 saturated carbocycles. The van der Waals surface area contributed by atoms with E-state index >= 15 is 0 Å². The molecule has 0 aliphatic heterocycles. The van der Waals surface area contributed by atoms with Crippen LogP contribution in [0, 0.1) is 0 Å². The van der Waals surface area contributed by atoms with Crippen molar-refractivity contribution in [1.82, 2.24) is 0 Å². The van der Waals surface area contributed by atoms with E-state index in [9.17, 15) is 0 Å². The van der Waals surface area contributed by atoms with E-state index in [1.165, 1.54) is 5.56 Å². The van der Waals surface area contributed by atoms with Crippen molar-refractivity contribution >= 4 is 27.5 Å². The lowest BCUT2D eigenvalue weighted by Crippen LogP contribution is -2.11. The van der Waals surface area contributed by atoms with Gasteiger partial charge in [-0.3, -0.25) is 0 Å². The fraction of sp³-hybridized carbons (Fsp3) is 0.200. The van der Waals surface area contributed by atoms with Gasteiger partial charge in [-0.15, -0.1) is 0 Å². The van der Waals surface area contributed by atoms with Gasteiger partial charge in [0.15, 0.2) is 0 Å². The van der Waals surface area contributed by atoms with Gasteiger partial charge in [-0.25, -0.2) is 0 Å². The summed E-state index contributed by atoms with van der Waals surface area (Å²) in [5.74, 6) is 1.20. The van der Waals surface area contributed by atoms with Gasteiger partial charge < -0.3 is 4.74 Å². The van der Waals surface area contributed by atoms with Crippen molar-refractivity contribution < 1.29 is 4.74 Å². The Morgan fingerprint density at radius 1 is 1.00 bits per heavy atom. The number of halogens is 2. The van der Waals surface area contributed by atoms with Crippen molar-refractivity contribution in [2.24, 2.45) is 0 Å². The third-order valence-corrected chi connectivity index (χ3v) is 3.76. The van der Waals surface area contributed by atoms with Crippen molar-refractivity contribution in [3.63, 3.8) is 0 Å². The largest absolute Gasteiger partial charge is 0.493 e. The summed E-state index contributed by atoms with van der Waals surface area (Å²) in [6.45, 7) is 0.650. The molecule has 2 aromatic rings. The van der Waals surface area contributed by atoms with Crippen LogP contribution in [0.1, 0.15) is 11.5 Å². The van der Waals surface area contributed by atoms with Gasteiger partial charge in [-0.05, 0) is 29.8 Å². The average molecular weight is 326 g/mol. The van der Waals surface area contributed by atoms with Gasteiger partial charge in [-0.2, -0.15) is 0 Å². The van der Waals surface area contributed by atoms with Crippen molar-refractivity contribution in [2.75, 3.05) is 11.9 Å². The highest BCUT2D eigenvalue weighted by molar-refractivity contribution is 9.09. The van der Waals surface area contributed by atoms with E-state index in [-0.39, 0.29) is 0 Å². The predicted octanol–water partition coefficient (Wildman–Crippen LogP) is 4.90. The summed E-state index contributed by atoms with van der Waals surface area (Å²) in [5.41, 5.74) is 1.28. The van der Waals surface area contributed by atoms with E-state index in [2.05, 4.69) is 28.1 Å². The number of benzene rings is 2. The Morgan fingerprint density at radius 3 is 2.28 bits per heavy atom. The van der Waals surface area contributed by atoms with Crippen LogP contribution < -0.4 is 4.74 Å². The van der Waals surface area contributed by atoms with Gasteiger partial charge in [0.25, 0.3) is 0 Å². The minimum atomic E-state index is 0.349. The van der Waals surface area contributed by atoms with E-state index in [0.29, 0.717) is 12.5 Å². The van der Waals surface area contributed by atoms with Crippen molar-refractivity contribution in [1.29, 1.82) is 0 Å². The first-order chi connectivity index (χ1) is 8.79. The molecule has 0 radical (unpaired) electrons. The third kappa shape index (κ3) is 3.76. The first-order valence-corrected chi connectivity index (χ1v) is 7.29. The second kappa shape index (κ2) is 6.81. The zero-order chi connectivity index (χ0) is 12.8. The molecule has 0 fully saturated rings. The van der Waals surface area contributed by atoms with Crippen molar-refractivity contribution in [2.45, 2.75) is 5.92 Å². The van der Waals surface area contributed by atoms with Crippen LogP contribution in [-0.4, -0.2) is 11.9 Å². The molecule has 0 aliphatic carbocycles. The smallest absolute Gasteiger partial charge is 0.119 e. The second-order valence-corrected chi connectivity index (χ2v) is 5.11. The number of hydrogen-bond acceptors (Lipinski definition) is 1. The Balaban J connectivity index is 1.97. The molecular formula is C15H14BrClO. The van der Waals surface area contributed by atoms with Gasteiger partial charge >= 0.3 is 0 Å². The van der Waals surface area contributed by atoms with Crippen LogP contribution in [0.25, 0.3) is 0 Å². The molecule has 0 aromatic heterocycles. The lowest BCUT2D eigenvalue weighted by Gasteiger charge is -2.15. The number of rotatable bonds is 5. The quantitative estimate of drug-likeness (QED) is 0.711. The highest BCUT2D eigenvalue weighted by atomic mass is 79.9. The topological polar surface area (TPSA) is 9.23 Å². The number of ether oxygens (including phenoxy) is 1. The van der Waals surface area contributed by atoms with E-state index in [1.54, 1.807) is 0 Å². The van der Waals surface area contributed by atoms with E-state index in [4.69, 9.17) is 16.3 Å². The molecule has 1 unspecified atom stereocenters. The monoisotopic (exact) mass is 324 g/mol. The molecule has 0 heterocycles. The van der Waals surface area contributed by atoms with Crippen LogP contribution in [0.5, 0.6) is 5.75 Å².